The lowest BCUT2D eigenvalue weighted by Gasteiger charge is -2.40. The van der Waals surface area contributed by atoms with Crippen molar-refractivity contribution in [3.63, 3.8) is 0 Å². The number of anilines is 2. The zero-order valence-corrected chi connectivity index (χ0v) is 19.8. The number of quaternary nitrogens is 1. The van der Waals surface area contributed by atoms with Gasteiger partial charge in [0, 0.05) is 59.5 Å². The number of nitrogens with zero attached hydrogens (tertiary/aromatic N) is 2. The molecule has 2 aliphatic rings. The molecular formula is C28H30N5O2+. The highest BCUT2D eigenvalue weighted by molar-refractivity contribution is 5.99. The number of aromatic nitrogens is 2. The Morgan fingerprint density at radius 2 is 1.80 bits per heavy atom. The van der Waals surface area contributed by atoms with Crippen molar-refractivity contribution in [1.82, 2.24) is 9.13 Å². The van der Waals surface area contributed by atoms with Gasteiger partial charge in [-0.05, 0) is 36.8 Å². The van der Waals surface area contributed by atoms with E-state index in [-0.39, 0.29) is 5.56 Å². The number of likely N-dealkylation sites (tertiary alicyclic amines) is 1. The van der Waals surface area contributed by atoms with Crippen LogP contribution < -0.4 is 21.1 Å². The van der Waals surface area contributed by atoms with E-state index in [1.165, 1.54) is 16.5 Å². The number of benzene rings is 2. The van der Waals surface area contributed by atoms with Crippen LogP contribution in [-0.4, -0.2) is 28.3 Å². The minimum absolute atomic E-state index is 0.113. The predicted octanol–water partition coefficient (Wildman–Crippen LogP) is 3.19. The van der Waals surface area contributed by atoms with Gasteiger partial charge in [0.2, 0.25) is 0 Å². The number of carbonyl (C=O) groups is 1. The fourth-order valence-corrected chi connectivity index (χ4v) is 6.05. The number of hydrogen-bond donors (Lipinski definition) is 3. The van der Waals surface area contributed by atoms with Gasteiger partial charge in [0.1, 0.15) is 12.2 Å². The van der Waals surface area contributed by atoms with Crippen molar-refractivity contribution in [1.29, 1.82) is 0 Å². The third kappa shape index (κ3) is 4.12. The Morgan fingerprint density at radius 3 is 2.66 bits per heavy atom. The molecule has 7 heteroatoms. The molecule has 1 saturated heterocycles. The Bertz CT molecular complexity index is 1460. The summed E-state index contributed by atoms with van der Waals surface area (Å²) in [6.45, 7) is 3.77. The van der Waals surface area contributed by atoms with Gasteiger partial charge in [-0.1, -0.05) is 36.4 Å². The maximum atomic E-state index is 13.3. The number of urea groups is 1. The quantitative estimate of drug-likeness (QED) is 0.431. The lowest BCUT2D eigenvalue weighted by molar-refractivity contribution is -0.924. The summed E-state index contributed by atoms with van der Waals surface area (Å²) >= 11 is 0. The number of pyridine rings is 1. The number of piperidine rings is 1. The van der Waals surface area contributed by atoms with E-state index in [0.29, 0.717) is 29.8 Å². The summed E-state index contributed by atoms with van der Waals surface area (Å²) in [6, 6.07) is 21.2. The molecule has 0 aliphatic carbocycles. The minimum Gasteiger partial charge on any atom is -0.350 e. The lowest BCUT2D eigenvalue weighted by Crippen LogP contribution is -3.13. The van der Waals surface area contributed by atoms with E-state index in [1.807, 2.05) is 41.0 Å². The third-order valence-corrected chi connectivity index (χ3v) is 7.50. The van der Waals surface area contributed by atoms with E-state index in [2.05, 4.69) is 52.7 Å². The monoisotopic (exact) mass is 468 g/mol. The zero-order chi connectivity index (χ0) is 23.9. The lowest BCUT2D eigenvalue weighted by atomic mass is 9.83. The second-order valence-electron chi connectivity index (χ2n) is 9.95. The van der Waals surface area contributed by atoms with Gasteiger partial charge in [-0.25, -0.2) is 4.79 Å². The largest absolute Gasteiger partial charge is 0.350 e. The number of amides is 2. The molecule has 4 aromatic rings. The summed E-state index contributed by atoms with van der Waals surface area (Å²) < 4.78 is 4.11. The first kappa shape index (κ1) is 21.7. The molecule has 2 aromatic carbocycles. The molecule has 7 nitrogen and oxygen atoms in total. The molecule has 1 fully saturated rings. The summed E-state index contributed by atoms with van der Waals surface area (Å²) in [5, 5.41) is 6.85. The average Bonchev–Trinajstić information content (AvgIpc) is 3.17. The zero-order valence-electron chi connectivity index (χ0n) is 19.8. The van der Waals surface area contributed by atoms with Crippen molar-refractivity contribution in [2.45, 2.75) is 25.4 Å². The number of hydrogen-bond acceptors (Lipinski definition) is 2. The molecule has 3 N–H and O–H groups in total. The van der Waals surface area contributed by atoms with Crippen LogP contribution in [0, 0.1) is 5.92 Å². The smallest absolute Gasteiger partial charge is 0.323 e. The molecule has 3 atom stereocenters. The van der Waals surface area contributed by atoms with E-state index in [4.69, 9.17) is 0 Å². The fourth-order valence-electron chi connectivity index (χ4n) is 6.05. The van der Waals surface area contributed by atoms with Crippen LogP contribution in [0.1, 0.15) is 23.6 Å². The molecule has 2 bridgehead atoms. The van der Waals surface area contributed by atoms with Crippen LogP contribution in [0.4, 0.5) is 16.2 Å². The summed E-state index contributed by atoms with van der Waals surface area (Å²) in [6.07, 6.45) is 3.39. The fraction of sp³-hybridized carbons (Fsp3) is 0.286. The van der Waals surface area contributed by atoms with Crippen LogP contribution >= 0.6 is 0 Å². The molecule has 35 heavy (non-hydrogen) atoms. The van der Waals surface area contributed by atoms with E-state index in [9.17, 15) is 9.59 Å². The molecule has 0 spiro atoms. The van der Waals surface area contributed by atoms with Crippen LogP contribution in [0.3, 0.4) is 0 Å². The number of para-hydroxylation sites is 2. The number of aryl methyl sites for hydroxylation is 1. The molecule has 2 aliphatic heterocycles. The van der Waals surface area contributed by atoms with Gasteiger partial charge >= 0.3 is 6.03 Å². The first-order valence-electron chi connectivity index (χ1n) is 12.3. The molecule has 0 saturated carbocycles. The van der Waals surface area contributed by atoms with Crippen LogP contribution in [0.5, 0.6) is 0 Å². The van der Waals surface area contributed by atoms with E-state index in [1.54, 1.807) is 11.0 Å². The van der Waals surface area contributed by atoms with Gasteiger partial charge in [-0.2, -0.15) is 0 Å². The average molecular weight is 469 g/mol. The topological polar surface area (TPSA) is 72.5 Å². The van der Waals surface area contributed by atoms with Gasteiger partial charge in [-0.3, -0.25) is 4.79 Å². The van der Waals surface area contributed by atoms with Crippen molar-refractivity contribution in [2.75, 3.05) is 23.7 Å². The first-order valence-corrected chi connectivity index (χ1v) is 12.3. The number of rotatable bonds is 4. The van der Waals surface area contributed by atoms with E-state index >= 15 is 0 Å². The Balaban J connectivity index is 1.19. The highest BCUT2D eigenvalue weighted by Gasteiger charge is 2.37. The van der Waals surface area contributed by atoms with Crippen molar-refractivity contribution >= 4 is 28.3 Å². The molecular weight excluding hydrogens is 438 g/mol. The van der Waals surface area contributed by atoms with Crippen LogP contribution in [0.15, 0.2) is 77.7 Å². The second kappa shape index (κ2) is 8.74. The van der Waals surface area contributed by atoms with Crippen molar-refractivity contribution in [3.8, 4) is 0 Å². The van der Waals surface area contributed by atoms with Gasteiger partial charge in [0.15, 0.2) is 0 Å². The van der Waals surface area contributed by atoms with Crippen LogP contribution in [0.2, 0.25) is 0 Å². The molecule has 4 heterocycles. The maximum absolute atomic E-state index is 13.3. The maximum Gasteiger partial charge on any atom is 0.323 e. The van der Waals surface area contributed by atoms with Crippen molar-refractivity contribution < 1.29 is 9.69 Å². The number of nitrogens with one attached hydrogen (secondary N) is 3. The molecule has 1 unspecified atom stereocenters. The van der Waals surface area contributed by atoms with Gasteiger partial charge in [0.25, 0.3) is 5.56 Å². The Labute approximate surface area is 204 Å². The van der Waals surface area contributed by atoms with Crippen LogP contribution in [-0.2, 0) is 20.1 Å². The van der Waals surface area contributed by atoms with Crippen LogP contribution in [0.25, 0.3) is 10.9 Å². The Morgan fingerprint density at radius 1 is 1.00 bits per heavy atom. The predicted molar refractivity (Wildman–Crippen MR) is 138 cm³/mol. The van der Waals surface area contributed by atoms with Crippen molar-refractivity contribution in [3.05, 3.63) is 94.5 Å². The van der Waals surface area contributed by atoms with Gasteiger partial charge in [-0.15, -0.1) is 0 Å². The molecule has 0 radical (unpaired) electrons. The highest BCUT2D eigenvalue weighted by atomic mass is 16.2. The second-order valence-corrected chi connectivity index (χ2v) is 9.95. The van der Waals surface area contributed by atoms with E-state index < -0.39 is 6.03 Å². The Hall–Kier alpha value is -3.84. The number of carbonyl (C=O) groups excluding carboxylic acids is 1. The third-order valence-electron chi connectivity index (χ3n) is 7.50. The minimum atomic E-state index is -0.407. The highest BCUT2D eigenvalue weighted by Crippen LogP contribution is 2.31. The standard InChI is InChI=1S/C28H29N5O2/c1-31-16-21(23-9-5-6-10-26(23)31)18-32-14-19-13-20(17-32)25-12-11-24(27(34)33(25)15-19)30-28(35)29-22-7-3-2-4-8-22/h2-12,16,19-20H,13-15,17-18H2,1H3,(H2,29,30,35)/p+1/t19-,20+/m0/s1. The summed E-state index contributed by atoms with van der Waals surface area (Å²) in [7, 11) is 2.11. The Kier molecular flexibility index (Phi) is 5.41. The summed E-state index contributed by atoms with van der Waals surface area (Å²) in [5.41, 5.74) is 4.65. The molecule has 6 rings (SSSR count). The molecule has 178 valence electrons. The molecule has 2 amide bonds. The van der Waals surface area contributed by atoms with Gasteiger partial charge in [0.05, 0.1) is 13.1 Å². The molecule has 2 aromatic heterocycles. The van der Waals surface area contributed by atoms with E-state index in [0.717, 1.165) is 31.7 Å². The SMILES string of the molecule is Cn1cc(C[NH+]2C[C@@H]3C[C@H](C2)c2ccc(NC(=O)Nc4ccccc4)c(=O)n2C3)c2ccccc21. The normalized spacial score (nSPS) is 20.9. The summed E-state index contributed by atoms with van der Waals surface area (Å²) in [5.74, 6) is 0.810. The summed E-state index contributed by atoms with van der Waals surface area (Å²) in [4.78, 5) is 27.3. The first-order chi connectivity index (χ1) is 17.0. The van der Waals surface area contributed by atoms with Crippen molar-refractivity contribution in [2.24, 2.45) is 13.0 Å². The van der Waals surface area contributed by atoms with Gasteiger partial charge < -0.3 is 24.7 Å². The number of fused-ring (bicyclic) bond motifs is 5.